The molecular weight excluding hydrogens is 176 g/mol. The lowest BCUT2D eigenvalue weighted by molar-refractivity contribution is -0.153. The fourth-order valence-electron chi connectivity index (χ4n) is 3.34. The summed E-state index contributed by atoms with van der Waals surface area (Å²) in [4.78, 5) is 10.8. The number of carbonyl (C=O) groups is 1. The minimum Gasteiger partial charge on any atom is -0.481 e. The van der Waals surface area contributed by atoms with Gasteiger partial charge < -0.3 is 5.11 Å². The molecule has 0 saturated heterocycles. The van der Waals surface area contributed by atoms with Crippen molar-refractivity contribution < 1.29 is 9.90 Å². The second-order valence-electron chi connectivity index (χ2n) is 5.64. The fraction of sp³-hybridized carbons (Fsp3) is 0.917. The Bertz CT molecular complexity index is 241. The maximum Gasteiger partial charge on any atom is 0.306 e. The van der Waals surface area contributed by atoms with Crippen LogP contribution in [0.2, 0.25) is 0 Å². The Morgan fingerprint density at radius 3 is 2.36 bits per heavy atom. The summed E-state index contributed by atoms with van der Waals surface area (Å²) in [7, 11) is 0. The molecule has 0 aromatic carbocycles. The van der Waals surface area contributed by atoms with Crippen molar-refractivity contribution in [3.05, 3.63) is 0 Å². The summed E-state index contributed by atoms with van der Waals surface area (Å²) >= 11 is 0. The van der Waals surface area contributed by atoms with Crippen molar-refractivity contribution in [3.63, 3.8) is 0 Å². The molecule has 2 aliphatic carbocycles. The van der Waals surface area contributed by atoms with E-state index in [0.717, 1.165) is 24.7 Å². The number of rotatable bonds is 1. The van der Waals surface area contributed by atoms with E-state index in [-0.39, 0.29) is 5.92 Å². The molecule has 14 heavy (non-hydrogen) atoms. The largest absolute Gasteiger partial charge is 0.481 e. The lowest BCUT2D eigenvalue weighted by Crippen LogP contribution is -2.45. The quantitative estimate of drug-likeness (QED) is 0.700. The first-order valence-electron chi connectivity index (χ1n) is 5.75. The highest BCUT2D eigenvalue weighted by Crippen LogP contribution is 2.57. The van der Waals surface area contributed by atoms with Gasteiger partial charge in [0.25, 0.3) is 0 Å². The van der Waals surface area contributed by atoms with Crippen molar-refractivity contribution >= 4 is 5.97 Å². The Morgan fingerprint density at radius 2 is 1.86 bits per heavy atom. The molecule has 2 heteroatoms. The Balaban J connectivity index is 1.92. The Hall–Kier alpha value is -0.530. The molecule has 2 nitrogen and oxygen atoms in total. The molecule has 2 unspecified atom stereocenters. The number of hydrogen-bond acceptors (Lipinski definition) is 1. The van der Waals surface area contributed by atoms with Crippen molar-refractivity contribution in [2.75, 3.05) is 0 Å². The predicted octanol–water partition coefficient (Wildman–Crippen LogP) is 2.92. The van der Waals surface area contributed by atoms with Gasteiger partial charge in [-0.05, 0) is 49.4 Å². The molecule has 0 bridgehead atoms. The Kier molecular flexibility index (Phi) is 2.32. The van der Waals surface area contributed by atoms with Crippen LogP contribution in [0.4, 0.5) is 0 Å². The van der Waals surface area contributed by atoms with E-state index in [1.165, 1.54) is 19.3 Å². The van der Waals surface area contributed by atoms with Gasteiger partial charge in [-0.25, -0.2) is 0 Å². The molecule has 0 amide bonds. The molecule has 80 valence electrons. The minimum absolute atomic E-state index is 0.0318. The molecule has 2 atom stereocenters. The van der Waals surface area contributed by atoms with Gasteiger partial charge in [0.05, 0.1) is 5.92 Å². The first-order valence-corrected chi connectivity index (χ1v) is 5.75. The van der Waals surface area contributed by atoms with Gasteiger partial charge in [0.1, 0.15) is 0 Å². The topological polar surface area (TPSA) is 37.3 Å². The lowest BCUT2D eigenvalue weighted by atomic mass is 9.53. The SMILES string of the molecule is CC1CCC2(CC(C(=O)O)C2)CC1C. The van der Waals surface area contributed by atoms with Crippen molar-refractivity contribution in [1.29, 1.82) is 0 Å². The minimum atomic E-state index is -0.582. The summed E-state index contributed by atoms with van der Waals surface area (Å²) in [6.07, 6.45) is 5.71. The van der Waals surface area contributed by atoms with E-state index in [2.05, 4.69) is 13.8 Å². The van der Waals surface area contributed by atoms with Gasteiger partial charge in [-0.3, -0.25) is 4.79 Å². The highest BCUT2D eigenvalue weighted by atomic mass is 16.4. The summed E-state index contributed by atoms with van der Waals surface area (Å²) in [5.41, 5.74) is 0.426. The Morgan fingerprint density at radius 1 is 1.21 bits per heavy atom. The van der Waals surface area contributed by atoms with Crippen LogP contribution < -0.4 is 0 Å². The second kappa shape index (κ2) is 3.25. The zero-order valence-corrected chi connectivity index (χ0v) is 9.12. The van der Waals surface area contributed by atoms with Gasteiger partial charge in [-0.1, -0.05) is 13.8 Å². The third kappa shape index (κ3) is 1.55. The van der Waals surface area contributed by atoms with Crippen LogP contribution in [-0.4, -0.2) is 11.1 Å². The maximum atomic E-state index is 10.8. The fourth-order valence-corrected chi connectivity index (χ4v) is 3.34. The van der Waals surface area contributed by atoms with Crippen LogP contribution in [-0.2, 0) is 4.79 Å². The zero-order chi connectivity index (χ0) is 10.3. The van der Waals surface area contributed by atoms with Gasteiger partial charge in [0.15, 0.2) is 0 Å². The van der Waals surface area contributed by atoms with Crippen LogP contribution in [0.5, 0.6) is 0 Å². The van der Waals surface area contributed by atoms with Gasteiger partial charge in [-0.15, -0.1) is 0 Å². The third-order valence-corrected chi connectivity index (χ3v) is 4.56. The highest BCUT2D eigenvalue weighted by molar-refractivity contribution is 5.71. The van der Waals surface area contributed by atoms with Crippen LogP contribution in [0, 0.1) is 23.2 Å². The summed E-state index contributed by atoms with van der Waals surface area (Å²) in [6, 6.07) is 0. The maximum absolute atomic E-state index is 10.8. The van der Waals surface area contributed by atoms with Gasteiger partial charge in [0, 0.05) is 0 Å². The van der Waals surface area contributed by atoms with Crippen LogP contribution in [0.1, 0.15) is 46.0 Å². The first kappa shape index (κ1) is 10.0. The number of carboxylic acids is 1. The molecule has 0 aliphatic heterocycles. The van der Waals surface area contributed by atoms with E-state index < -0.39 is 5.97 Å². The first-order chi connectivity index (χ1) is 6.52. The average Bonchev–Trinajstić information content (AvgIpc) is 2.05. The predicted molar refractivity (Wildman–Crippen MR) is 55.0 cm³/mol. The number of hydrogen-bond donors (Lipinski definition) is 1. The van der Waals surface area contributed by atoms with E-state index in [4.69, 9.17) is 5.11 Å². The molecule has 0 aromatic rings. The standard InChI is InChI=1S/C12H20O2/c1-8-3-4-12(5-9(8)2)6-10(7-12)11(13)14/h8-10H,3-7H2,1-2H3,(H,13,14). The van der Waals surface area contributed by atoms with Crippen molar-refractivity contribution in [1.82, 2.24) is 0 Å². The molecule has 2 aliphatic rings. The van der Waals surface area contributed by atoms with Crippen LogP contribution >= 0.6 is 0 Å². The summed E-state index contributed by atoms with van der Waals surface area (Å²) in [5.74, 6) is 1.01. The van der Waals surface area contributed by atoms with E-state index >= 15 is 0 Å². The van der Waals surface area contributed by atoms with E-state index in [9.17, 15) is 4.79 Å². The third-order valence-electron chi connectivity index (χ3n) is 4.56. The van der Waals surface area contributed by atoms with Gasteiger partial charge in [-0.2, -0.15) is 0 Å². The molecule has 0 radical (unpaired) electrons. The molecule has 0 aromatic heterocycles. The van der Waals surface area contributed by atoms with E-state index in [1.807, 2.05) is 0 Å². The summed E-state index contributed by atoms with van der Waals surface area (Å²) in [5, 5.41) is 8.87. The number of aliphatic carboxylic acids is 1. The summed E-state index contributed by atoms with van der Waals surface area (Å²) < 4.78 is 0. The van der Waals surface area contributed by atoms with Crippen LogP contribution in [0.25, 0.3) is 0 Å². The van der Waals surface area contributed by atoms with Crippen molar-refractivity contribution in [2.45, 2.75) is 46.0 Å². The average molecular weight is 196 g/mol. The molecule has 2 rings (SSSR count). The molecule has 1 spiro atoms. The lowest BCUT2D eigenvalue weighted by Gasteiger charge is -2.52. The highest BCUT2D eigenvalue weighted by Gasteiger charge is 2.49. The second-order valence-corrected chi connectivity index (χ2v) is 5.64. The van der Waals surface area contributed by atoms with Crippen LogP contribution in [0.15, 0.2) is 0 Å². The van der Waals surface area contributed by atoms with Gasteiger partial charge in [0.2, 0.25) is 0 Å². The van der Waals surface area contributed by atoms with Crippen molar-refractivity contribution in [2.24, 2.45) is 23.2 Å². The molecule has 0 heterocycles. The smallest absolute Gasteiger partial charge is 0.306 e. The Labute approximate surface area is 85.7 Å². The van der Waals surface area contributed by atoms with Crippen LogP contribution in [0.3, 0.4) is 0 Å². The monoisotopic (exact) mass is 196 g/mol. The zero-order valence-electron chi connectivity index (χ0n) is 9.12. The molecule has 2 saturated carbocycles. The molecule has 2 fully saturated rings. The van der Waals surface area contributed by atoms with E-state index in [1.54, 1.807) is 0 Å². The van der Waals surface area contributed by atoms with E-state index in [0.29, 0.717) is 5.41 Å². The normalized spacial score (nSPS) is 47.4. The van der Waals surface area contributed by atoms with Gasteiger partial charge >= 0.3 is 5.97 Å². The molecule has 1 N–H and O–H groups in total. The molecular formula is C12H20O2. The van der Waals surface area contributed by atoms with Crippen molar-refractivity contribution in [3.8, 4) is 0 Å². The number of carboxylic acid groups (broad SMARTS) is 1. The summed E-state index contributed by atoms with van der Waals surface area (Å²) in [6.45, 7) is 4.64.